The third-order valence-electron chi connectivity index (χ3n) is 3.80. The Balaban J connectivity index is 1.68. The molecule has 0 aliphatic rings. The van der Waals surface area contributed by atoms with Gasteiger partial charge in [0.15, 0.2) is 0 Å². The first-order chi connectivity index (χ1) is 12.7. The van der Waals surface area contributed by atoms with Crippen LogP contribution in [0.25, 0.3) is 11.3 Å². The molecule has 3 aromatic rings. The van der Waals surface area contributed by atoms with Gasteiger partial charge in [-0.3, -0.25) is 9.89 Å². The number of rotatable bonds is 6. The van der Waals surface area contributed by atoms with Crippen molar-refractivity contribution in [2.45, 2.75) is 13.8 Å². The molecule has 0 aliphatic carbocycles. The fourth-order valence-corrected chi connectivity index (χ4v) is 2.41. The average molecular weight is 348 g/mol. The molecule has 1 heterocycles. The minimum absolute atomic E-state index is 0.343. The number of nitrogens with one attached hydrogen (secondary N) is 2. The highest BCUT2D eigenvalue weighted by atomic mass is 16.5. The number of aromatic amines is 1. The normalized spacial score (nSPS) is 11.2. The van der Waals surface area contributed by atoms with Gasteiger partial charge in [0.05, 0.1) is 18.0 Å². The van der Waals surface area contributed by atoms with Crippen LogP contribution in [0.15, 0.2) is 65.8 Å². The van der Waals surface area contributed by atoms with E-state index in [1.807, 2.05) is 68.4 Å². The SMILES string of the molecule is CCOc1ccc(-c2cc(C(=O)N/N=C(\C)c3ccccc3)[nH]n2)cc1. The Morgan fingerprint density at radius 3 is 2.58 bits per heavy atom. The van der Waals surface area contributed by atoms with E-state index in [2.05, 4.69) is 20.7 Å². The molecular weight excluding hydrogens is 328 g/mol. The van der Waals surface area contributed by atoms with Crippen LogP contribution in [-0.2, 0) is 0 Å². The minimum atomic E-state index is -0.343. The Hall–Kier alpha value is -3.41. The Morgan fingerprint density at radius 1 is 1.15 bits per heavy atom. The molecule has 0 fully saturated rings. The van der Waals surface area contributed by atoms with Crippen LogP contribution in [0.4, 0.5) is 0 Å². The number of amides is 1. The Morgan fingerprint density at radius 2 is 1.88 bits per heavy atom. The molecule has 3 rings (SSSR count). The summed E-state index contributed by atoms with van der Waals surface area (Å²) in [4.78, 5) is 12.3. The Labute approximate surface area is 151 Å². The molecule has 132 valence electrons. The van der Waals surface area contributed by atoms with Gasteiger partial charge in [0.2, 0.25) is 0 Å². The van der Waals surface area contributed by atoms with Crippen LogP contribution >= 0.6 is 0 Å². The van der Waals surface area contributed by atoms with Gasteiger partial charge in [-0.25, -0.2) is 5.43 Å². The molecule has 2 aromatic carbocycles. The van der Waals surface area contributed by atoms with Gasteiger partial charge in [-0.1, -0.05) is 30.3 Å². The van der Waals surface area contributed by atoms with E-state index >= 15 is 0 Å². The van der Waals surface area contributed by atoms with Crippen molar-refractivity contribution in [3.8, 4) is 17.0 Å². The molecule has 0 saturated carbocycles. The number of carbonyl (C=O) groups is 1. The number of carbonyl (C=O) groups excluding carboxylic acids is 1. The molecule has 1 aromatic heterocycles. The summed E-state index contributed by atoms with van der Waals surface area (Å²) in [6.07, 6.45) is 0. The minimum Gasteiger partial charge on any atom is -0.494 e. The lowest BCUT2D eigenvalue weighted by Gasteiger charge is -2.02. The highest BCUT2D eigenvalue weighted by Crippen LogP contribution is 2.21. The summed E-state index contributed by atoms with van der Waals surface area (Å²) >= 11 is 0. The first-order valence-corrected chi connectivity index (χ1v) is 8.36. The zero-order chi connectivity index (χ0) is 18.4. The number of nitrogens with zero attached hydrogens (tertiary/aromatic N) is 2. The van der Waals surface area contributed by atoms with Crippen LogP contribution < -0.4 is 10.2 Å². The van der Waals surface area contributed by atoms with E-state index in [-0.39, 0.29) is 5.91 Å². The summed E-state index contributed by atoms with van der Waals surface area (Å²) in [5, 5.41) is 11.1. The monoisotopic (exact) mass is 348 g/mol. The third-order valence-corrected chi connectivity index (χ3v) is 3.80. The second-order valence-corrected chi connectivity index (χ2v) is 5.63. The summed E-state index contributed by atoms with van der Waals surface area (Å²) < 4.78 is 5.42. The van der Waals surface area contributed by atoms with Gasteiger partial charge < -0.3 is 4.74 Å². The van der Waals surface area contributed by atoms with Crippen molar-refractivity contribution in [3.63, 3.8) is 0 Å². The molecule has 0 unspecified atom stereocenters. The molecule has 6 heteroatoms. The lowest BCUT2D eigenvalue weighted by molar-refractivity contribution is 0.0950. The molecule has 0 atom stereocenters. The van der Waals surface area contributed by atoms with E-state index in [9.17, 15) is 4.79 Å². The average Bonchev–Trinajstić information content (AvgIpc) is 3.18. The topological polar surface area (TPSA) is 79.4 Å². The highest BCUT2D eigenvalue weighted by molar-refractivity contribution is 6.00. The zero-order valence-electron chi connectivity index (χ0n) is 14.7. The highest BCUT2D eigenvalue weighted by Gasteiger charge is 2.11. The molecule has 1 amide bonds. The maximum atomic E-state index is 12.3. The predicted octanol–water partition coefficient (Wildman–Crippen LogP) is 3.63. The van der Waals surface area contributed by atoms with Crippen molar-refractivity contribution in [2.75, 3.05) is 6.61 Å². The van der Waals surface area contributed by atoms with Crippen LogP contribution in [0.2, 0.25) is 0 Å². The molecule has 0 radical (unpaired) electrons. The molecular formula is C20H20N4O2. The van der Waals surface area contributed by atoms with Crippen molar-refractivity contribution >= 4 is 11.6 Å². The summed E-state index contributed by atoms with van der Waals surface area (Å²) in [6, 6.07) is 18.9. The smallest absolute Gasteiger partial charge is 0.289 e. The van der Waals surface area contributed by atoms with Gasteiger partial charge in [-0.05, 0) is 49.7 Å². The Kier molecular flexibility index (Phi) is 5.43. The number of hydrogen-bond donors (Lipinski definition) is 2. The largest absolute Gasteiger partial charge is 0.494 e. The van der Waals surface area contributed by atoms with Crippen LogP contribution in [0.5, 0.6) is 5.75 Å². The van der Waals surface area contributed by atoms with Crippen LogP contribution in [0, 0.1) is 0 Å². The third kappa shape index (κ3) is 4.16. The fourth-order valence-electron chi connectivity index (χ4n) is 2.41. The van der Waals surface area contributed by atoms with Crippen LogP contribution in [0.1, 0.15) is 29.9 Å². The molecule has 0 aliphatic heterocycles. The zero-order valence-corrected chi connectivity index (χ0v) is 14.7. The van der Waals surface area contributed by atoms with Crippen LogP contribution in [0.3, 0.4) is 0 Å². The van der Waals surface area contributed by atoms with Gasteiger partial charge >= 0.3 is 0 Å². The maximum absolute atomic E-state index is 12.3. The number of aromatic nitrogens is 2. The van der Waals surface area contributed by atoms with Crippen molar-refractivity contribution < 1.29 is 9.53 Å². The first-order valence-electron chi connectivity index (χ1n) is 8.36. The number of ether oxygens (including phenoxy) is 1. The fraction of sp³-hybridized carbons (Fsp3) is 0.150. The quantitative estimate of drug-likeness (QED) is 0.527. The van der Waals surface area contributed by atoms with Gasteiger partial charge in [0, 0.05) is 5.56 Å². The molecule has 6 nitrogen and oxygen atoms in total. The van der Waals surface area contributed by atoms with Gasteiger partial charge in [0.25, 0.3) is 5.91 Å². The van der Waals surface area contributed by atoms with Crippen molar-refractivity contribution in [1.29, 1.82) is 0 Å². The van der Waals surface area contributed by atoms with Crippen molar-refractivity contribution in [2.24, 2.45) is 5.10 Å². The molecule has 26 heavy (non-hydrogen) atoms. The summed E-state index contributed by atoms with van der Waals surface area (Å²) in [5.74, 6) is 0.459. The predicted molar refractivity (Wildman–Crippen MR) is 101 cm³/mol. The summed E-state index contributed by atoms with van der Waals surface area (Å²) in [5.41, 5.74) is 6.15. The van der Waals surface area contributed by atoms with Crippen molar-refractivity contribution in [3.05, 3.63) is 71.9 Å². The molecule has 0 saturated heterocycles. The second-order valence-electron chi connectivity index (χ2n) is 5.63. The number of benzene rings is 2. The Bertz CT molecular complexity index is 899. The van der Waals surface area contributed by atoms with Gasteiger partial charge in [-0.15, -0.1) is 0 Å². The van der Waals surface area contributed by atoms with E-state index in [0.717, 1.165) is 22.6 Å². The second kappa shape index (κ2) is 8.11. The number of hydrogen-bond acceptors (Lipinski definition) is 4. The number of H-pyrrole nitrogens is 1. The van der Waals surface area contributed by atoms with Crippen LogP contribution in [-0.4, -0.2) is 28.4 Å². The van der Waals surface area contributed by atoms with Gasteiger partial charge in [-0.2, -0.15) is 10.2 Å². The van der Waals surface area contributed by atoms with E-state index in [1.54, 1.807) is 6.07 Å². The molecule has 0 spiro atoms. The molecule has 0 bridgehead atoms. The van der Waals surface area contributed by atoms with Crippen molar-refractivity contribution in [1.82, 2.24) is 15.6 Å². The summed E-state index contributed by atoms with van der Waals surface area (Å²) in [6.45, 7) is 4.40. The molecule has 2 N–H and O–H groups in total. The maximum Gasteiger partial charge on any atom is 0.289 e. The van der Waals surface area contributed by atoms with Gasteiger partial charge in [0.1, 0.15) is 11.4 Å². The van der Waals surface area contributed by atoms with E-state index in [0.29, 0.717) is 18.0 Å². The van der Waals surface area contributed by atoms with E-state index in [1.165, 1.54) is 0 Å². The lowest BCUT2D eigenvalue weighted by atomic mass is 10.1. The van der Waals surface area contributed by atoms with E-state index < -0.39 is 0 Å². The standard InChI is InChI=1S/C20H20N4O2/c1-3-26-17-11-9-16(10-12-17)18-13-19(23-22-18)20(25)24-21-14(2)15-7-5-4-6-8-15/h4-13H,3H2,1-2H3,(H,22,23)(H,24,25)/b21-14+. The first kappa shape index (κ1) is 17.4. The summed E-state index contributed by atoms with van der Waals surface area (Å²) in [7, 11) is 0. The lowest BCUT2D eigenvalue weighted by Crippen LogP contribution is -2.19. The number of hydrazone groups is 1. The van der Waals surface area contributed by atoms with E-state index in [4.69, 9.17) is 4.74 Å².